The molecule has 1 aromatic carbocycles. The number of carbonyl (C=O) groups is 1. The van der Waals surface area contributed by atoms with Gasteiger partial charge in [0.1, 0.15) is 5.54 Å². The molecular formula is C21H28N2O. The fourth-order valence-electron chi connectivity index (χ4n) is 6.38. The average molecular weight is 324 g/mol. The molecule has 128 valence electrons. The Morgan fingerprint density at radius 2 is 1.46 bits per heavy atom. The van der Waals surface area contributed by atoms with Crippen LogP contribution in [0.3, 0.4) is 0 Å². The number of hydrogen-bond acceptors (Lipinski definition) is 2. The lowest BCUT2D eigenvalue weighted by Crippen LogP contribution is -2.80. The minimum Gasteiger partial charge on any atom is -0.270 e. The third-order valence-electron chi connectivity index (χ3n) is 7.21. The van der Waals surface area contributed by atoms with Crippen molar-refractivity contribution in [2.45, 2.75) is 64.5 Å². The number of anilines is 1. The van der Waals surface area contributed by atoms with Crippen LogP contribution in [-0.2, 0) is 4.79 Å². The quantitative estimate of drug-likeness (QED) is 0.815. The minimum atomic E-state index is -0.413. The van der Waals surface area contributed by atoms with Crippen molar-refractivity contribution in [3.05, 3.63) is 29.8 Å². The summed E-state index contributed by atoms with van der Waals surface area (Å²) in [6.45, 7) is 6.26. The van der Waals surface area contributed by atoms with Gasteiger partial charge in [0.15, 0.2) is 0 Å². The van der Waals surface area contributed by atoms with E-state index in [1.54, 1.807) is 0 Å². The lowest BCUT2D eigenvalue weighted by molar-refractivity contribution is -0.170. The Morgan fingerprint density at radius 1 is 0.917 bits per heavy atom. The summed E-state index contributed by atoms with van der Waals surface area (Å²) >= 11 is 0. The number of hydrazine groups is 1. The van der Waals surface area contributed by atoms with Crippen molar-refractivity contribution in [1.29, 1.82) is 0 Å². The first-order valence-electron chi connectivity index (χ1n) is 9.65. The first-order chi connectivity index (χ1) is 11.4. The molecule has 0 spiro atoms. The Balaban J connectivity index is 1.50. The molecule has 0 N–H and O–H groups in total. The number of nitrogens with zero attached hydrogens (tertiary/aromatic N) is 2. The van der Waals surface area contributed by atoms with E-state index in [2.05, 4.69) is 55.1 Å². The van der Waals surface area contributed by atoms with Crippen molar-refractivity contribution in [3.63, 3.8) is 0 Å². The van der Waals surface area contributed by atoms with E-state index < -0.39 is 5.54 Å². The van der Waals surface area contributed by atoms with E-state index in [-0.39, 0.29) is 0 Å². The van der Waals surface area contributed by atoms with Crippen LogP contribution in [0, 0.1) is 30.6 Å². The van der Waals surface area contributed by atoms with Crippen LogP contribution in [0.5, 0.6) is 0 Å². The summed E-state index contributed by atoms with van der Waals surface area (Å²) in [5.41, 5.74) is 2.02. The van der Waals surface area contributed by atoms with Gasteiger partial charge in [0.2, 0.25) is 0 Å². The van der Waals surface area contributed by atoms with Gasteiger partial charge >= 0.3 is 0 Å². The highest BCUT2D eigenvalue weighted by molar-refractivity contribution is 5.98. The van der Waals surface area contributed by atoms with Crippen LogP contribution in [-0.4, -0.2) is 22.5 Å². The largest absolute Gasteiger partial charge is 0.270 e. The number of aryl methyl sites for hydroxylation is 1. The highest BCUT2D eigenvalue weighted by Gasteiger charge is 2.61. The summed E-state index contributed by atoms with van der Waals surface area (Å²) in [6, 6.07) is 9.10. The average Bonchev–Trinajstić information content (AvgIpc) is 2.54. The number of hydrogen-bond donors (Lipinski definition) is 0. The van der Waals surface area contributed by atoms with E-state index in [9.17, 15) is 4.79 Å². The van der Waals surface area contributed by atoms with Crippen molar-refractivity contribution in [1.82, 2.24) is 5.01 Å². The molecule has 6 rings (SSSR count). The number of carbonyl (C=O) groups excluding carboxylic acids is 1. The van der Waals surface area contributed by atoms with Crippen LogP contribution in [0.15, 0.2) is 24.3 Å². The van der Waals surface area contributed by atoms with Gasteiger partial charge in [-0.2, -0.15) is 0 Å². The molecule has 1 aliphatic heterocycles. The van der Waals surface area contributed by atoms with Gasteiger partial charge in [-0.05, 0) is 88.7 Å². The van der Waals surface area contributed by atoms with Crippen LogP contribution >= 0.6 is 0 Å². The summed E-state index contributed by atoms with van der Waals surface area (Å²) in [5.74, 6) is 3.67. The van der Waals surface area contributed by atoms with Crippen molar-refractivity contribution < 1.29 is 4.79 Å². The van der Waals surface area contributed by atoms with Crippen LogP contribution in [0.4, 0.5) is 5.69 Å². The molecule has 24 heavy (non-hydrogen) atoms. The highest BCUT2D eigenvalue weighted by atomic mass is 16.2. The normalized spacial score (nSPS) is 39.3. The second kappa shape index (κ2) is 4.77. The molecule has 0 unspecified atom stereocenters. The minimum absolute atomic E-state index is 0.320. The first-order valence-corrected chi connectivity index (χ1v) is 9.65. The molecule has 4 bridgehead atoms. The fraction of sp³-hybridized carbons (Fsp3) is 0.667. The van der Waals surface area contributed by atoms with Gasteiger partial charge in [-0.15, -0.1) is 0 Å². The van der Waals surface area contributed by atoms with Gasteiger partial charge in [0.25, 0.3) is 5.91 Å². The molecule has 1 aromatic rings. The predicted octanol–water partition coefficient (Wildman–Crippen LogP) is 4.16. The van der Waals surface area contributed by atoms with E-state index in [1.165, 1.54) is 43.4 Å². The highest BCUT2D eigenvalue weighted by Crippen LogP contribution is 2.57. The Bertz CT molecular complexity index is 650. The molecule has 4 aliphatic carbocycles. The van der Waals surface area contributed by atoms with Gasteiger partial charge in [-0.3, -0.25) is 9.80 Å². The summed E-state index contributed by atoms with van der Waals surface area (Å²) in [4.78, 5) is 13.0. The third kappa shape index (κ3) is 1.87. The maximum atomic E-state index is 13.0. The summed E-state index contributed by atoms with van der Waals surface area (Å²) in [7, 11) is 0. The van der Waals surface area contributed by atoms with Crippen LogP contribution in [0.2, 0.25) is 0 Å². The zero-order valence-electron chi connectivity index (χ0n) is 15.0. The summed E-state index contributed by atoms with van der Waals surface area (Å²) in [6.07, 6.45) is 6.86. The van der Waals surface area contributed by atoms with Crippen molar-refractivity contribution in [2.24, 2.45) is 23.7 Å². The van der Waals surface area contributed by atoms with Crippen molar-refractivity contribution in [2.75, 3.05) is 5.01 Å². The molecule has 5 aliphatic rings. The van der Waals surface area contributed by atoms with Crippen LogP contribution in [0.25, 0.3) is 0 Å². The summed E-state index contributed by atoms with van der Waals surface area (Å²) < 4.78 is 0. The third-order valence-corrected chi connectivity index (χ3v) is 7.21. The number of amides is 1. The van der Waals surface area contributed by atoms with E-state index in [1.807, 2.05) is 0 Å². The zero-order chi connectivity index (χ0) is 16.6. The predicted molar refractivity (Wildman–Crippen MR) is 95.4 cm³/mol. The second-order valence-electron chi connectivity index (χ2n) is 9.28. The SMILES string of the molecule is Cc1ccc(N2N(C3C4CC5CC(C4)CC3C5)C(=O)C2(C)C)cc1. The zero-order valence-corrected chi connectivity index (χ0v) is 15.0. The molecule has 5 fully saturated rings. The van der Waals surface area contributed by atoms with Gasteiger partial charge in [-0.1, -0.05) is 17.7 Å². The molecule has 1 amide bonds. The van der Waals surface area contributed by atoms with Gasteiger partial charge < -0.3 is 0 Å². The van der Waals surface area contributed by atoms with E-state index >= 15 is 0 Å². The smallest absolute Gasteiger partial charge is 0.268 e. The molecule has 0 aromatic heterocycles. The Labute approximate surface area is 145 Å². The Morgan fingerprint density at radius 3 is 2.00 bits per heavy atom. The van der Waals surface area contributed by atoms with E-state index in [0.717, 1.165) is 23.7 Å². The van der Waals surface area contributed by atoms with Gasteiger partial charge in [0.05, 0.1) is 11.7 Å². The molecule has 3 nitrogen and oxygen atoms in total. The first kappa shape index (κ1) is 14.8. The van der Waals surface area contributed by atoms with E-state index in [0.29, 0.717) is 11.9 Å². The molecule has 1 saturated heterocycles. The van der Waals surface area contributed by atoms with Crippen molar-refractivity contribution >= 4 is 11.6 Å². The lowest BCUT2D eigenvalue weighted by atomic mass is 9.53. The monoisotopic (exact) mass is 324 g/mol. The molecular weight excluding hydrogens is 296 g/mol. The molecule has 0 atom stereocenters. The van der Waals surface area contributed by atoms with Gasteiger partial charge in [0, 0.05) is 0 Å². The standard InChI is InChI=1S/C21H28N2O/c1-13-4-6-18(7-5-13)23-21(2,3)20(24)22(23)19-16-9-14-8-15(11-16)12-17(19)10-14/h4-7,14-17,19H,8-12H2,1-3H3. The number of rotatable bonds is 2. The molecule has 0 radical (unpaired) electrons. The molecule has 3 heteroatoms. The Hall–Kier alpha value is -1.51. The van der Waals surface area contributed by atoms with Gasteiger partial charge in [-0.25, -0.2) is 5.01 Å². The molecule has 1 heterocycles. The maximum absolute atomic E-state index is 13.0. The molecule has 4 saturated carbocycles. The number of benzene rings is 1. The maximum Gasteiger partial charge on any atom is 0.268 e. The van der Waals surface area contributed by atoms with Crippen molar-refractivity contribution in [3.8, 4) is 0 Å². The lowest BCUT2D eigenvalue weighted by Gasteiger charge is -2.65. The summed E-state index contributed by atoms with van der Waals surface area (Å²) in [5, 5.41) is 4.46. The topological polar surface area (TPSA) is 23.6 Å². The van der Waals surface area contributed by atoms with Crippen LogP contribution in [0.1, 0.15) is 51.5 Å². The van der Waals surface area contributed by atoms with E-state index in [4.69, 9.17) is 0 Å². The van der Waals surface area contributed by atoms with Crippen LogP contribution < -0.4 is 5.01 Å². The fourth-order valence-corrected chi connectivity index (χ4v) is 6.38. The Kier molecular flexibility index (Phi) is 2.94. The second-order valence-corrected chi connectivity index (χ2v) is 9.28.